The van der Waals surface area contributed by atoms with Crippen LogP contribution < -0.4 is 11.1 Å². The highest BCUT2D eigenvalue weighted by Gasteiger charge is 2.33. The van der Waals surface area contributed by atoms with E-state index < -0.39 is 11.0 Å². The molecule has 0 spiro atoms. The maximum atomic E-state index is 12.0. The first kappa shape index (κ1) is 14.5. The summed E-state index contributed by atoms with van der Waals surface area (Å²) in [5.74, 6) is -0.0403. The molecule has 0 aromatic heterocycles. The van der Waals surface area contributed by atoms with E-state index in [9.17, 15) is 9.90 Å². The second-order valence-electron chi connectivity index (χ2n) is 5.59. The quantitative estimate of drug-likeness (QED) is 0.677. The number of carbonyl (C=O) groups excluding carboxylic acids is 1. The Balaban J connectivity index is 2.46. The molecular formula is C13H26N2O2. The summed E-state index contributed by atoms with van der Waals surface area (Å²) in [5, 5.41) is 13.2. The fraction of sp³-hybridized carbons (Fsp3) is 0.923. The predicted octanol–water partition coefficient (Wildman–Crippen LogP) is 1.17. The summed E-state index contributed by atoms with van der Waals surface area (Å²) in [6.07, 6.45) is 5.58. The maximum Gasteiger partial charge on any atom is 0.227 e. The highest BCUT2D eigenvalue weighted by atomic mass is 16.3. The molecule has 0 aromatic carbocycles. The molecule has 1 aliphatic rings. The zero-order valence-corrected chi connectivity index (χ0v) is 11.1. The first-order chi connectivity index (χ1) is 7.96. The molecule has 0 radical (unpaired) electrons. The number of hydrogen-bond acceptors (Lipinski definition) is 3. The number of nitrogens with one attached hydrogen (secondary N) is 1. The summed E-state index contributed by atoms with van der Waals surface area (Å²) >= 11 is 0. The molecule has 0 bridgehead atoms. The number of nitrogens with two attached hydrogens (primary N) is 1. The molecule has 0 aliphatic heterocycles. The minimum atomic E-state index is -0.697. The van der Waals surface area contributed by atoms with Gasteiger partial charge in [-0.1, -0.05) is 26.2 Å². The highest BCUT2D eigenvalue weighted by molar-refractivity contribution is 5.82. The van der Waals surface area contributed by atoms with Crippen LogP contribution in [0.3, 0.4) is 0 Å². The molecule has 4 nitrogen and oxygen atoms in total. The van der Waals surface area contributed by atoms with Gasteiger partial charge in [-0.05, 0) is 26.2 Å². The molecule has 100 valence electrons. The lowest BCUT2D eigenvalue weighted by molar-refractivity contribution is -0.131. The third-order valence-corrected chi connectivity index (χ3v) is 4.14. The summed E-state index contributed by atoms with van der Waals surface area (Å²) in [6.45, 7) is 4.53. The molecule has 1 saturated carbocycles. The van der Waals surface area contributed by atoms with E-state index in [1.54, 1.807) is 0 Å². The number of amides is 1. The summed E-state index contributed by atoms with van der Waals surface area (Å²) < 4.78 is 0. The van der Waals surface area contributed by atoms with Gasteiger partial charge in [0, 0.05) is 13.1 Å². The van der Waals surface area contributed by atoms with Crippen molar-refractivity contribution in [3.63, 3.8) is 0 Å². The van der Waals surface area contributed by atoms with Crippen LogP contribution >= 0.6 is 0 Å². The van der Waals surface area contributed by atoms with Gasteiger partial charge in [0.1, 0.15) is 0 Å². The van der Waals surface area contributed by atoms with E-state index in [0.29, 0.717) is 19.5 Å². The van der Waals surface area contributed by atoms with Crippen LogP contribution in [0.5, 0.6) is 0 Å². The molecule has 1 aliphatic carbocycles. The highest BCUT2D eigenvalue weighted by Crippen LogP contribution is 2.28. The van der Waals surface area contributed by atoms with Crippen LogP contribution in [-0.4, -0.2) is 29.7 Å². The van der Waals surface area contributed by atoms with E-state index in [1.165, 1.54) is 6.42 Å². The van der Waals surface area contributed by atoms with Crippen molar-refractivity contribution in [2.75, 3.05) is 13.1 Å². The van der Waals surface area contributed by atoms with Gasteiger partial charge < -0.3 is 16.2 Å². The smallest absolute Gasteiger partial charge is 0.227 e. The van der Waals surface area contributed by atoms with Crippen molar-refractivity contribution in [2.45, 2.75) is 58.0 Å². The maximum absolute atomic E-state index is 12.0. The van der Waals surface area contributed by atoms with Gasteiger partial charge in [0.2, 0.25) is 5.91 Å². The zero-order valence-electron chi connectivity index (χ0n) is 11.1. The summed E-state index contributed by atoms with van der Waals surface area (Å²) in [4.78, 5) is 12.0. The Labute approximate surface area is 104 Å². The van der Waals surface area contributed by atoms with Crippen LogP contribution in [0.1, 0.15) is 52.4 Å². The first-order valence-electron chi connectivity index (χ1n) is 6.66. The van der Waals surface area contributed by atoms with Crippen molar-refractivity contribution in [2.24, 2.45) is 11.1 Å². The van der Waals surface area contributed by atoms with E-state index in [-0.39, 0.29) is 5.91 Å². The second kappa shape index (κ2) is 5.83. The molecule has 0 saturated heterocycles. The summed E-state index contributed by atoms with van der Waals surface area (Å²) in [7, 11) is 0. The van der Waals surface area contributed by atoms with E-state index in [0.717, 1.165) is 25.7 Å². The molecule has 1 atom stereocenters. The number of aliphatic hydroxyl groups is 1. The van der Waals surface area contributed by atoms with Gasteiger partial charge in [-0.15, -0.1) is 0 Å². The Morgan fingerprint density at radius 2 is 2.00 bits per heavy atom. The first-order valence-corrected chi connectivity index (χ1v) is 6.66. The second-order valence-corrected chi connectivity index (χ2v) is 5.59. The Kier molecular flexibility index (Phi) is 4.95. The van der Waals surface area contributed by atoms with E-state index in [1.807, 2.05) is 13.8 Å². The molecule has 1 amide bonds. The van der Waals surface area contributed by atoms with Crippen LogP contribution in [0.25, 0.3) is 0 Å². The molecule has 17 heavy (non-hydrogen) atoms. The van der Waals surface area contributed by atoms with Gasteiger partial charge in [-0.2, -0.15) is 0 Å². The fourth-order valence-electron chi connectivity index (χ4n) is 2.24. The Hall–Kier alpha value is -0.610. The van der Waals surface area contributed by atoms with Gasteiger partial charge in [0.05, 0.1) is 11.0 Å². The molecule has 0 aromatic rings. The van der Waals surface area contributed by atoms with E-state index in [2.05, 4.69) is 5.32 Å². The Bertz CT molecular complexity index is 256. The van der Waals surface area contributed by atoms with Crippen LogP contribution in [0.15, 0.2) is 0 Å². The van der Waals surface area contributed by atoms with Gasteiger partial charge >= 0.3 is 0 Å². The van der Waals surface area contributed by atoms with Crippen molar-refractivity contribution in [1.82, 2.24) is 5.32 Å². The molecule has 1 rings (SSSR count). The number of rotatable bonds is 5. The van der Waals surface area contributed by atoms with Crippen LogP contribution in [0, 0.1) is 5.41 Å². The number of carbonyl (C=O) groups is 1. The normalized spacial score (nSPS) is 22.8. The lowest BCUT2D eigenvalue weighted by Crippen LogP contribution is -2.50. The van der Waals surface area contributed by atoms with Crippen LogP contribution in [0.4, 0.5) is 0 Å². The SMILES string of the molecule is CCC(C)(CN)C(=O)NCC1(O)CCCCC1. The summed E-state index contributed by atoms with van der Waals surface area (Å²) in [6, 6.07) is 0. The molecule has 1 unspecified atom stereocenters. The third kappa shape index (κ3) is 3.68. The standard InChI is InChI=1S/C13H26N2O2/c1-3-12(2,9-14)11(16)15-10-13(17)7-5-4-6-8-13/h17H,3-10,14H2,1-2H3,(H,15,16). The lowest BCUT2D eigenvalue weighted by atomic mass is 9.83. The Morgan fingerprint density at radius 3 is 2.47 bits per heavy atom. The van der Waals surface area contributed by atoms with Gasteiger partial charge in [-0.3, -0.25) is 4.79 Å². The molecule has 4 N–H and O–H groups in total. The molecule has 4 heteroatoms. The molecule has 1 fully saturated rings. The summed E-state index contributed by atoms with van der Waals surface area (Å²) in [5.41, 5.74) is 4.43. The van der Waals surface area contributed by atoms with Crippen molar-refractivity contribution in [3.8, 4) is 0 Å². The minimum Gasteiger partial charge on any atom is -0.388 e. The lowest BCUT2D eigenvalue weighted by Gasteiger charge is -2.34. The third-order valence-electron chi connectivity index (χ3n) is 4.14. The average molecular weight is 242 g/mol. The van der Waals surface area contributed by atoms with Gasteiger partial charge in [0.15, 0.2) is 0 Å². The minimum absolute atomic E-state index is 0.0403. The number of hydrogen-bond donors (Lipinski definition) is 3. The topological polar surface area (TPSA) is 75.4 Å². The predicted molar refractivity (Wildman–Crippen MR) is 68.5 cm³/mol. The van der Waals surface area contributed by atoms with Crippen molar-refractivity contribution < 1.29 is 9.90 Å². The van der Waals surface area contributed by atoms with E-state index in [4.69, 9.17) is 5.73 Å². The van der Waals surface area contributed by atoms with E-state index >= 15 is 0 Å². The average Bonchev–Trinajstić information content (AvgIpc) is 2.36. The van der Waals surface area contributed by atoms with Crippen molar-refractivity contribution in [3.05, 3.63) is 0 Å². The van der Waals surface area contributed by atoms with Crippen LogP contribution in [0.2, 0.25) is 0 Å². The van der Waals surface area contributed by atoms with Crippen molar-refractivity contribution >= 4 is 5.91 Å². The van der Waals surface area contributed by atoms with Gasteiger partial charge in [0.25, 0.3) is 0 Å². The van der Waals surface area contributed by atoms with Crippen molar-refractivity contribution in [1.29, 1.82) is 0 Å². The largest absolute Gasteiger partial charge is 0.388 e. The van der Waals surface area contributed by atoms with Gasteiger partial charge in [-0.25, -0.2) is 0 Å². The monoisotopic (exact) mass is 242 g/mol. The fourth-order valence-corrected chi connectivity index (χ4v) is 2.24. The zero-order chi connectivity index (χ0) is 12.9. The molecule has 0 heterocycles. The Morgan fingerprint density at radius 1 is 1.41 bits per heavy atom. The van der Waals surface area contributed by atoms with Crippen LogP contribution in [-0.2, 0) is 4.79 Å². The molecular weight excluding hydrogens is 216 g/mol.